The van der Waals surface area contributed by atoms with Crippen LogP contribution in [0.25, 0.3) is 10.8 Å². The third-order valence-electron chi connectivity index (χ3n) is 4.26. The van der Waals surface area contributed by atoms with E-state index >= 15 is 0 Å². The number of benzene rings is 1. The molecule has 1 aromatic carbocycles. The summed E-state index contributed by atoms with van der Waals surface area (Å²) < 4.78 is 0. The SMILES string of the molecule is C(CCC1CCCCC1)=NNc1nncc2ccccc12. The molecule has 1 aliphatic carbocycles. The second-order valence-corrected chi connectivity index (χ2v) is 5.79. The van der Waals surface area contributed by atoms with Gasteiger partial charge in [-0.05, 0) is 18.8 Å². The Balaban J connectivity index is 1.52. The lowest BCUT2D eigenvalue weighted by atomic mass is 9.86. The van der Waals surface area contributed by atoms with Crippen molar-refractivity contribution in [1.29, 1.82) is 0 Å². The molecule has 2 aromatic rings. The van der Waals surface area contributed by atoms with Gasteiger partial charge in [0.05, 0.1) is 6.20 Å². The summed E-state index contributed by atoms with van der Waals surface area (Å²) in [6.45, 7) is 0. The number of hydrogen-bond donors (Lipinski definition) is 1. The van der Waals surface area contributed by atoms with Gasteiger partial charge in [-0.3, -0.25) is 5.43 Å². The van der Waals surface area contributed by atoms with Gasteiger partial charge in [-0.1, -0.05) is 56.4 Å². The summed E-state index contributed by atoms with van der Waals surface area (Å²) in [6.07, 6.45) is 13.1. The molecule has 0 radical (unpaired) electrons. The minimum absolute atomic E-state index is 0.724. The van der Waals surface area contributed by atoms with E-state index in [1.165, 1.54) is 38.5 Å². The molecule has 0 unspecified atom stereocenters. The molecular weight excluding hydrogens is 260 g/mol. The maximum atomic E-state index is 4.30. The van der Waals surface area contributed by atoms with Gasteiger partial charge in [0, 0.05) is 17.0 Å². The second-order valence-electron chi connectivity index (χ2n) is 5.79. The molecule has 1 N–H and O–H groups in total. The van der Waals surface area contributed by atoms with Crippen molar-refractivity contribution in [3.63, 3.8) is 0 Å². The summed E-state index contributed by atoms with van der Waals surface area (Å²) in [5.74, 6) is 1.63. The highest BCUT2D eigenvalue weighted by Crippen LogP contribution is 2.26. The van der Waals surface area contributed by atoms with Crippen LogP contribution in [0.4, 0.5) is 5.82 Å². The van der Waals surface area contributed by atoms with E-state index in [0.717, 1.165) is 28.9 Å². The number of aromatic nitrogens is 2. The number of nitrogens with one attached hydrogen (secondary N) is 1. The summed E-state index contributed by atoms with van der Waals surface area (Å²) in [6, 6.07) is 8.06. The average molecular weight is 282 g/mol. The van der Waals surface area contributed by atoms with Crippen LogP contribution in [0.5, 0.6) is 0 Å². The van der Waals surface area contributed by atoms with Crippen molar-refractivity contribution >= 4 is 22.8 Å². The van der Waals surface area contributed by atoms with E-state index in [0.29, 0.717) is 0 Å². The molecule has 0 atom stereocenters. The summed E-state index contributed by atoms with van der Waals surface area (Å²) in [5.41, 5.74) is 3.02. The molecule has 0 saturated heterocycles. The highest BCUT2D eigenvalue weighted by atomic mass is 15.3. The molecule has 0 spiro atoms. The Hall–Kier alpha value is -1.97. The first-order valence-corrected chi connectivity index (χ1v) is 7.91. The van der Waals surface area contributed by atoms with Crippen LogP contribution >= 0.6 is 0 Å². The molecule has 0 amide bonds. The lowest BCUT2D eigenvalue weighted by Gasteiger charge is -2.20. The average Bonchev–Trinajstić information content (AvgIpc) is 2.56. The minimum atomic E-state index is 0.724. The molecule has 4 heteroatoms. The van der Waals surface area contributed by atoms with E-state index in [9.17, 15) is 0 Å². The van der Waals surface area contributed by atoms with Crippen molar-refractivity contribution in [2.24, 2.45) is 11.0 Å². The zero-order chi connectivity index (χ0) is 14.3. The Bertz CT molecular complexity index is 597. The van der Waals surface area contributed by atoms with Crippen LogP contribution in [-0.2, 0) is 0 Å². The van der Waals surface area contributed by atoms with Crippen molar-refractivity contribution < 1.29 is 0 Å². The first-order valence-electron chi connectivity index (χ1n) is 7.91. The first-order chi connectivity index (χ1) is 10.4. The van der Waals surface area contributed by atoms with Gasteiger partial charge in [-0.2, -0.15) is 10.2 Å². The van der Waals surface area contributed by atoms with Gasteiger partial charge in [0.1, 0.15) is 0 Å². The van der Waals surface area contributed by atoms with Gasteiger partial charge in [-0.25, -0.2) is 0 Å². The summed E-state index contributed by atoms with van der Waals surface area (Å²) in [5, 5.41) is 14.5. The third-order valence-corrected chi connectivity index (χ3v) is 4.26. The number of fused-ring (bicyclic) bond motifs is 1. The van der Waals surface area contributed by atoms with E-state index in [1.54, 1.807) is 6.20 Å². The van der Waals surface area contributed by atoms with E-state index in [1.807, 2.05) is 30.5 Å². The number of hydrazone groups is 1. The van der Waals surface area contributed by atoms with Crippen LogP contribution in [0.3, 0.4) is 0 Å². The zero-order valence-electron chi connectivity index (χ0n) is 12.3. The predicted molar refractivity (Wildman–Crippen MR) is 87.5 cm³/mol. The number of hydrogen-bond acceptors (Lipinski definition) is 4. The van der Waals surface area contributed by atoms with Crippen molar-refractivity contribution in [2.75, 3.05) is 5.43 Å². The van der Waals surface area contributed by atoms with E-state index in [2.05, 4.69) is 20.7 Å². The van der Waals surface area contributed by atoms with E-state index in [4.69, 9.17) is 0 Å². The Morgan fingerprint density at radius 2 is 2.05 bits per heavy atom. The van der Waals surface area contributed by atoms with Crippen LogP contribution in [0.15, 0.2) is 35.6 Å². The maximum Gasteiger partial charge on any atom is 0.176 e. The first kappa shape index (κ1) is 14.0. The summed E-state index contributed by atoms with van der Waals surface area (Å²) in [7, 11) is 0. The number of rotatable bonds is 5. The smallest absolute Gasteiger partial charge is 0.176 e. The Kier molecular flexibility index (Phi) is 4.77. The lowest BCUT2D eigenvalue weighted by molar-refractivity contribution is 0.344. The molecule has 0 aliphatic heterocycles. The standard InChI is InChI=1S/C17H22N4/c1-2-7-14(8-3-1)9-6-12-18-20-17-16-11-5-4-10-15(16)13-19-21-17/h4-5,10-14H,1-3,6-9H2,(H,20,21). The van der Waals surface area contributed by atoms with Gasteiger partial charge in [-0.15, -0.1) is 5.10 Å². The fourth-order valence-electron chi connectivity index (χ4n) is 3.07. The van der Waals surface area contributed by atoms with Gasteiger partial charge in [0.25, 0.3) is 0 Å². The predicted octanol–water partition coefficient (Wildman–Crippen LogP) is 4.39. The molecule has 1 aromatic heterocycles. The van der Waals surface area contributed by atoms with Crippen LogP contribution in [-0.4, -0.2) is 16.4 Å². The molecule has 21 heavy (non-hydrogen) atoms. The fraction of sp³-hybridized carbons (Fsp3) is 0.471. The highest BCUT2D eigenvalue weighted by Gasteiger charge is 2.11. The van der Waals surface area contributed by atoms with Gasteiger partial charge in [0.2, 0.25) is 0 Å². The Morgan fingerprint density at radius 1 is 1.19 bits per heavy atom. The molecule has 1 saturated carbocycles. The largest absolute Gasteiger partial charge is 0.260 e. The lowest BCUT2D eigenvalue weighted by Crippen LogP contribution is -2.06. The molecule has 1 fully saturated rings. The monoisotopic (exact) mass is 282 g/mol. The third kappa shape index (κ3) is 3.78. The molecule has 3 rings (SSSR count). The van der Waals surface area contributed by atoms with Crippen LogP contribution in [0.1, 0.15) is 44.9 Å². The van der Waals surface area contributed by atoms with Gasteiger partial charge >= 0.3 is 0 Å². The van der Waals surface area contributed by atoms with E-state index in [-0.39, 0.29) is 0 Å². The minimum Gasteiger partial charge on any atom is -0.260 e. The van der Waals surface area contributed by atoms with Gasteiger partial charge in [0.15, 0.2) is 5.82 Å². The van der Waals surface area contributed by atoms with Crippen molar-refractivity contribution in [3.8, 4) is 0 Å². The molecular formula is C17H22N4. The van der Waals surface area contributed by atoms with Crippen LogP contribution < -0.4 is 5.43 Å². The number of anilines is 1. The quantitative estimate of drug-likeness (QED) is 0.653. The summed E-state index contributed by atoms with van der Waals surface area (Å²) in [4.78, 5) is 0. The van der Waals surface area contributed by atoms with Crippen molar-refractivity contribution in [2.45, 2.75) is 44.9 Å². The highest BCUT2D eigenvalue weighted by molar-refractivity contribution is 5.90. The summed E-state index contributed by atoms with van der Waals surface area (Å²) >= 11 is 0. The van der Waals surface area contributed by atoms with Gasteiger partial charge < -0.3 is 0 Å². The van der Waals surface area contributed by atoms with E-state index < -0.39 is 0 Å². The second kappa shape index (κ2) is 7.16. The van der Waals surface area contributed by atoms with Crippen molar-refractivity contribution in [1.82, 2.24) is 10.2 Å². The molecule has 1 aliphatic rings. The zero-order valence-corrected chi connectivity index (χ0v) is 12.3. The van der Waals surface area contributed by atoms with Crippen molar-refractivity contribution in [3.05, 3.63) is 30.5 Å². The fourth-order valence-corrected chi connectivity index (χ4v) is 3.07. The number of nitrogens with zero attached hydrogens (tertiary/aromatic N) is 3. The Morgan fingerprint density at radius 3 is 2.95 bits per heavy atom. The maximum absolute atomic E-state index is 4.30. The normalized spacial score (nSPS) is 16.6. The van der Waals surface area contributed by atoms with Crippen LogP contribution in [0, 0.1) is 5.92 Å². The molecule has 1 heterocycles. The molecule has 0 bridgehead atoms. The molecule has 110 valence electrons. The molecule has 4 nitrogen and oxygen atoms in total. The van der Waals surface area contributed by atoms with Crippen LogP contribution in [0.2, 0.25) is 0 Å². The Labute approximate surface area is 125 Å². The topological polar surface area (TPSA) is 50.2 Å².